The molecule has 2 fully saturated rings. The van der Waals surface area contributed by atoms with Gasteiger partial charge in [-0.25, -0.2) is 9.97 Å². The number of hydrogen-bond acceptors (Lipinski definition) is 9. The average Bonchev–Trinajstić information content (AvgIpc) is 2.99. The smallest absolute Gasteiger partial charge is 0.248 e. The van der Waals surface area contributed by atoms with Crippen molar-refractivity contribution in [1.82, 2.24) is 14.9 Å². The zero-order chi connectivity index (χ0) is 27.0. The van der Waals surface area contributed by atoms with Crippen LogP contribution in [0, 0.1) is 5.92 Å². The third-order valence-electron chi connectivity index (χ3n) is 7.35. The number of nitrogens with zero attached hydrogens (tertiary/aromatic N) is 4. The van der Waals surface area contributed by atoms with Crippen LogP contribution in [0.25, 0.3) is 11.3 Å². The minimum atomic E-state index is -0.417. The standard InChI is InChI=1S/C29H36N6O4/c30-25-19-22(1-6-27(25)39-16-10-21-8-12-35(13-9-21)28(37)20-36)26-7-11-31-29(33-26)32-23-2-4-24(5-3-23)34-14-17-38-18-15-34/h1-7,11,19,21,36H,8-10,12-18,20,30H2,(H,31,32,33). The molecule has 4 N–H and O–H groups in total. The normalized spacial score (nSPS) is 16.2. The molecular weight excluding hydrogens is 496 g/mol. The molecule has 10 nitrogen and oxygen atoms in total. The molecule has 2 aliphatic rings. The second kappa shape index (κ2) is 12.8. The molecule has 0 aliphatic carbocycles. The Morgan fingerprint density at radius 2 is 1.85 bits per heavy atom. The van der Waals surface area contributed by atoms with Gasteiger partial charge in [-0.15, -0.1) is 0 Å². The highest BCUT2D eigenvalue weighted by Gasteiger charge is 2.22. The SMILES string of the molecule is Nc1cc(-c2ccnc(Nc3ccc(N4CCOCC4)cc3)n2)ccc1OCCC1CCN(C(=O)CO)CC1. The lowest BCUT2D eigenvalue weighted by Crippen LogP contribution is -2.40. The van der Waals surface area contributed by atoms with Gasteiger partial charge in [0.2, 0.25) is 11.9 Å². The van der Waals surface area contributed by atoms with E-state index in [1.54, 1.807) is 11.1 Å². The summed E-state index contributed by atoms with van der Waals surface area (Å²) in [5.41, 5.74) is 10.6. The van der Waals surface area contributed by atoms with Crippen LogP contribution in [0.2, 0.25) is 0 Å². The molecular formula is C29H36N6O4. The minimum absolute atomic E-state index is 0.192. The van der Waals surface area contributed by atoms with E-state index in [-0.39, 0.29) is 5.91 Å². The molecule has 10 heteroatoms. The first-order valence-electron chi connectivity index (χ1n) is 13.5. The number of aliphatic hydroxyl groups excluding tert-OH is 1. The van der Waals surface area contributed by atoms with Crippen molar-refractivity contribution in [3.8, 4) is 17.0 Å². The highest BCUT2D eigenvalue weighted by Crippen LogP contribution is 2.29. The van der Waals surface area contributed by atoms with Gasteiger partial charge in [0.15, 0.2) is 0 Å². The summed E-state index contributed by atoms with van der Waals surface area (Å²) in [6.45, 7) is 4.85. The number of piperidine rings is 1. The number of amides is 1. The van der Waals surface area contributed by atoms with E-state index in [0.29, 0.717) is 43.0 Å². The van der Waals surface area contributed by atoms with Gasteiger partial charge in [-0.3, -0.25) is 4.79 Å². The Kier molecular flexibility index (Phi) is 8.75. The number of ether oxygens (including phenoxy) is 2. The van der Waals surface area contributed by atoms with Gasteiger partial charge in [0, 0.05) is 49.3 Å². The zero-order valence-electron chi connectivity index (χ0n) is 22.1. The van der Waals surface area contributed by atoms with Crippen molar-refractivity contribution < 1.29 is 19.4 Å². The summed E-state index contributed by atoms with van der Waals surface area (Å²) in [6.07, 6.45) is 4.47. The molecule has 5 rings (SSSR count). The third kappa shape index (κ3) is 6.96. The zero-order valence-corrected chi connectivity index (χ0v) is 22.1. The third-order valence-corrected chi connectivity index (χ3v) is 7.35. The molecule has 39 heavy (non-hydrogen) atoms. The van der Waals surface area contributed by atoms with Crippen molar-refractivity contribution in [2.75, 3.05) is 68.6 Å². The van der Waals surface area contributed by atoms with Gasteiger partial charge in [0.1, 0.15) is 12.4 Å². The topological polar surface area (TPSA) is 126 Å². The molecule has 3 heterocycles. The van der Waals surface area contributed by atoms with Crippen molar-refractivity contribution in [3.63, 3.8) is 0 Å². The van der Waals surface area contributed by atoms with Crippen molar-refractivity contribution >= 4 is 28.9 Å². The van der Waals surface area contributed by atoms with Crippen LogP contribution >= 0.6 is 0 Å². The Hall–Kier alpha value is -3.89. The number of benzene rings is 2. The fourth-order valence-electron chi connectivity index (χ4n) is 5.03. The molecule has 0 unspecified atom stereocenters. The number of aliphatic hydroxyl groups is 1. The van der Waals surface area contributed by atoms with Gasteiger partial charge in [0.25, 0.3) is 0 Å². The van der Waals surface area contributed by atoms with Crippen molar-refractivity contribution in [2.45, 2.75) is 19.3 Å². The van der Waals surface area contributed by atoms with Crippen LogP contribution in [0.5, 0.6) is 5.75 Å². The van der Waals surface area contributed by atoms with Crippen LogP contribution < -0.4 is 20.7 Å². The molecule has 206 valence electrons. The van der Waals surface area contributed by atoms with Gasteiger partial charge >= 0.3 is 0 Å². The molecule has 2 aliphatic heterocycles. The van der Waals surface area contributed by atoms with E-state index in [1.807, 2.05) is 36.4 Å². The lowest BCUT2D eigenvalue weighted by Gasteiger charge is -2.31. The number of hydrogen-bond donors (Lipinski definition) is 3. The number of morpholine rings is 1. The highest BCUT2D eigenvalue weighted by atomic mass is 16.5. The Bertz CT molecular complexity index is 1240. The van der Waals surface area contributed by atoms with E-state index in [2.05, 4.69) is 32.3 Å². The Morgan fingerprint density at radius 3 is 2.56 bits per heavy atom. The molecule has 2 saturated heterocycles. The molecule has 2 aromatic carbocycles. The van der Waals surface area contributed by atoms with Gasteiger partial charge in [0.05, 0.1) is 31.2 Å². The first kappa shape index (κ1) is 26.7. The molecule has 0 atom stereocenters. The Morgan fingerprint density at radius 1 is 1.08 bits per heavy atom. The summed E-state index contributed by atoms with van der Waals surface area (Å²) >= 11 is 0. The Balaban J connectivity index is 1.14. The summed E-state index contributed by atoms with van der Waals surface area (Å²) in [5.74, 6) is 1.47. The number of nitrogen functional groups attached to an aromatic ring is 1. The van der Waals surface area contributed by atoms with Gasteiger partial charge in [-0.2, -0.15) is 0 Å². The molecule has 1 aromatic heterocycles. The second-order valence-electron chi connectivity index (χ2n) is 9.91. The van der Waals surface area contributed by atoms with Crippen LogP contribution in [0.1, 0.15) is 19.3 Å². The maximum Gasteiger partial charge on any atom is 0.248 e. The maximum absolute atomic E-state index is 11.6. The summed E-state index contributed by atoms with van der Waals surface area (Å²) < 4.78 is 11.4. The minimum Gasteiger partial charge on any atom is -0.491 e. The van der Waals surface area contributed by atoms with Crippen molar-refractivity contribution in [2.24, 2.45) is 5.92 Å². The number of anilines is 4. The second-order valence-corrected chi connectivity index (χ2v) is 9.91. The first-order valence-corrected chi connectivity index (χ1v) is 13.5. The lowest BCUT2D eigenvalue weighted by molar-refractivity contribution is -0.135. The Labute approximate surface area is 228 Å². The number of nitrogens with one attached hydrogen (secondary N) is 1. The summed E-state index contributed by atoms with van der Waals surface area (Å²) in [4.78, 5) is 24.7. The van der Waals surface area contributed by atoms with Crippen LogP contribution in [-0.4, -0.2) is 78.5 Å². The quantitative estimate of drug-likeness (QED) is 0.356. The highest BCUT2D eigenvalue weighted by molar-refractivity contribution is 5.77. The van der Waals surface area contributed by atoms with Gasteiger partial charge in [-0.1, -0.05) is 0 Å². The van der Waals surface area contributed by atoms with E-state index < -0.39 is 6.61 Å². The number of carbonyl (C=O) groups excluding carboxylic acids is 1. The number of rotatable bonds is 9. The monoisotopic (exact) mass is 532 g/mol. The fourth-order valence-corrected chi connectivity index (χ4v) is 5.03. The van der Waals surface area contributed by atoms with E-state index in [1.165, 1.54) is 5.69 Å². The summed E-state index contributed by atoms with van der Waals surface area (Å²) in [7, 11) is 0. The molecule has 0 spiro atoms. The van der Waals surface area contributed by atoms with E-state index in [4.69, 9.17) is 20.3 Å². The van der Waals surface area contributed by atoms with Crippen molar-refractivity contribution in [3.05, 3.63) is 54.7 Å². The lowest BCUT2D eigenvalue weighted by atomic mass is 9.94. The van der Waals surface area contributed by atoms with Crippen LogP contribution in [0.4, 0.5) is 23.0 Å². The molecule has 0 bridgehead atoms. The fraction of sp³-hybridized carbons (Fsp3) is 0.414. The van der Waals surface area contributed by atoms with E-state index in [0.717, 1.165) is 62.5 Å². The molecule has 0 radical (unpaired) electrons. The largest absolute Gasteiger partial charge is 0.491 e. The van der Waals surface area contributed by atoms with Crippen LogP contribution in [0.3, 0.4) is 0 Å². The average molecular weight is 533 g/mol. The van der Waals surface area contributed by atoms with Crippen LogP contribution in [0.15, 0.2) is 54.7 Å². The van der Waals surface area contributed by atoms with Gasteiger partial charge in [-0.05, 0) is 73.7 Å². The maximum atomic E-state index is 11.6. The number of aromatic nitrogens is 2. The van der Waals surface area contributed by atoms with Gasteiger partial charge < -0.3 is 35.4 Å². The first-order chi connectivity index (χ1) is 19.1. The van der Waals surface area contributed by atoms with E-state index >= 15 is 0 Å². The molecule has 1 amide bonds. The van der Waals surface area contributed by atoms with E-state index in [9.17, 15) is 4.79 Å². The summed E-state index contributed by atoms with van der Waals surface area (Å²) in [5, 5.41) is 12.3. The molecule has 3 aromatic rings. The summed E-state index contributed by atoms with van der Waals surface area (Å²) in [6, 6.07) is 15.8. The molecule has 0 saturated carbocycles. The number of likely N-dealkylation sites (tertiary alicyclic amines) is 1. The predicted molar refractivity (Wildman–Crippen MR) is 151 cm³/mol. The van der Waals surface area contributed by atoms with Crippen molar-refractivity contribution in [1.29, 1.82) is 0 Å². The predicted octanol–water partition coefficient (Wildman–Crippen LogP) is 3.31. The number of nitrogens with two attached hydrogens (primary N) is 1. The van der Waals surface area contributed by atoms with Crippen LogP contribution in [-0.2, 0) is 9.53 Å². The number of carbonyl (C=O) groups is 1.